The second-order valence-corrected chi connectivity index (χ2v) is 5.39. The smallest absolute Gasteiger partial charge is 0.123 e. The molecule has 0 atom stereocenters. The van der Waals surface area contributed by atoms with E-state index in [-0.39, 0.29) is 23.6 Å². The van der Waals surface area contributed by atoms with Gasteiger partial charge in [-0.3, -0.25) is 0 Å². The van der Waals surface area contributed by atoms with Crippen LogP contribution in [0.25, 0.3) is 5.69 Å². The van der Waals surface area contributed by atoms with Gasteiger partial charge in [-0.15, -0.1) is 12.4 Å². The van der Waals surface area contributed by atoms with Gasteiger partial charge in [-0.2, -0.15) is 5.10 Å². The average molecular weight is 282 g/mol. The molecule has 0 radical (unpaired) electrons. The number of hydrogen-bond donors (Lipinski definition) is 1. The van der Waals surface area contributed by atoms with Crippen LogP contribution in [0.4, 0.5) is 4.39 Å². The number of halogens is 2. The minimum absolute atomic E-state index is 0. The summed E-state index contributed by atoms with van der Waals surface area (Å²) in [7, 11) is 0. The number of nitrogens with one attached hydrogen (secondary N) is 1. The van der Waals surface area contributed by atoms with Gasteiger partial charge >= 0.3 is 0 Å². The van der Waals surface area contributed by atoms with Gasteiger partial charge in [-0.1, -0.05) is 13.8 Å². The van der Waals surface area contributed by atoms with Crippen LogP contribution < -0.4 is 5.32 Å². The van der Waals surface area contributed by atoms with Crippen molar-refractivity contribution in [3.05, 3.63) is 47.5 Å². The molecule has 19 heavy (non-hydrogen) atoms. The van der Waals surface area contributed by atoms with Crippen LogP contribution in [0.2, 0.25) is 0 Å². The lowest BCUT2D eigenvalue weighted by Crippen LogP contribution is -2.39. The number of rotatable bonds is 1. The largest absolute Gasteiger partial charge is 0.312 e. The number of benzene rings is 1. The van der Waals surface area contributed by atoms with Crippen molar-refractivity contribution < 1.29 is 4.39 Å². The summed E-state index contributed by atoms with van der Waals surface area (Å²) in [6, 6.07) is 6.47. The van der Waals surface area contributed by atoms with E-state index in [1.165, 1.54) is 23.4 Å². The molecule has 1 aliphatic rings. The summed E-state index contributed by atoms with van der Waals surface area (Å²) >= 11 is 0. The Hall–Kier alpha value is -1.39. The zero-order chi connectivity index (χ0) is 12.8. The van der Waals surface area contributed by atoms with E-state index in [0.717, 1.165) is 18.8 Å². The van der Waals surface area contributed by atoms with Crippen molar-refractivity contribution in [2.45, 2.75) is 25.8 Å². The Bertz CT molecular complexity index is 575. The maximum Gasteiger partial charge on any atom is 0.123 e. The summed E-state index contributed by atoms with van der Waals surface area (Å²) in [4.78, 5) is 0. The Morgan fingerprint density at radius 1 is 1.26 bits per heavy atom. The van der Waals surface area contributed by atoms with Crippen molar-refractivity contribution in [3.8, 4) is 5.69 Å². The molecule has 0 unspecified atom stereocenters. The molecule has 0 bridgehead atoms. The van der Waals surface area contributed by atoms with E-state index in [0.29, 0.717) is 0 Å². The van der Waals surface area contributed by atoms with Crippen LogP contribution in [0.15, 0.2) is 30.5 Å². The highest BCUT2D eigenvalue weighted by Crippen LogP contribution is 2.31. The van der Waals surface area contributed by atoms with Crippen molar-refractivity contribution in [1.82, 2.24) is 15.1 Å². The summed E-state index contributed by atoms with van der Waals surface area (Å²) in [6.07, 6.45) is 1.90. The summed E-state index contributed by atoms with van der Waals surface area (Å²) in [5.74, 6) is -0.222. The van der Waals surface area contributed by atoms with Crippen molar-refractivity contribution in [3.63, 3.8) is 0 Å². The first kappa shape index (κ1) is 14.0. The first-order valence-electron chi connectivity index (χ1n) is 6.12. The molecule has 3 rings (SSSR count). The molecule has 0 amide bonds. The molecule has 2 aromatic rings. The summed E-state index contributed by atoms with van der Waals surface area (Å²) in [5, 5.41) is 7.84. The van der Waals surface area contributed by atoms with Gasteiger partial charge in [0.05, 0.1) is 17.6 Å². The van der Waals surface area contributed by atoms with E-state index < -0.39 is 0 Å². The molecule has 2 heterocycles. The van der Waals surface area contributed by atoms with Crippen LogP contribution >= 0.6 is 12.4 Å². The van der Waals surface area contributed by atoms with E-state index >= 15 is 0 Å². The fourth-order valence-electron chi connectivity index (χ4n) is 2.60. The fraction of sp³-hybridized carbons (Fsp3) is 0.357. The van der Waals surface area contributed by atoms with Gasteiger partial charge in [0.15, 0.2) is 0 Å². The van der Waals surface area contributed by atoms with Crippen molar-refractivity contribution >= 4 is 12.4 Å². The van der Waals surface area contributed by atoms with Crippen molar-refractivity contribution in [2.75, 3.05) is 6.54 Å². The third-order valence-corrected chi connectivity index (χ3v) is 3.44. The number of aromatic nitrogens is 2. The lowest BCUT2D eigenvalue weighted by Gasteiger charge is -2.31. The van der Waals surface area contributed by atoms with E-state index in [9.17, 15) is 4.39 Å². The first-order valence-corrected chi connectivity index (χ1v) is 6.12. The van der Waals surface area contributed by atoms with E-state index in [1.54, 1.807) is 12.1 Å². The molecular formula is C14H17ClFN3. The molecule has 0 aliphatic carbocycles. The third-order valence-electron chi connectivity index (χ3n) is 3.44. The maximum atomic E-state index is 13.0. The van der Waals surface area contributed by atoms with Crippen molar-refractivity contribution in [1.29, 1.82) is 0 Å². The predicted octanol–water partition coefficient (Wildman–Crippen LogP) is 2.81. The molecule has 0 saturated heterocycles. The summed E-state index contributed by atoms with van der Waals surface area (Å²) in [6.45, 7) is 6.16. The van der Waals surface area contributed by atoms with Crippen LogP contribution in [0.1, 0.15) is 25.1 Å². The van der Waals surface area contributed by atoms with Crippen LogP contribution in [0.3, 0.4) is 0 Å². The zero-order valence-corrected chi connectivity index (χ0v) is 11.8. The predicted molar refractivity (Wildman–Crippen MR) is 75.5 cm³/mol. The topological polar surface area (TPSA) is 29.9 Å². The van der Waals surface area contributed by atoms with Gasteiger partial charge in [0.2, 0.25) is 0 Å². The second-order valence-electron chi connectivity index (χ2n) is 5.39. The second kappa shape index (κ2) is 4.94. The molecule has 5 heteroatoms. The molecule has 1 aliphatic heterocycles. The Labute approximate surface area is 118 Å². The number of nitrogens with zero attached hydrogens (tertiary/aromatic N) is 2. The quantitative estimate of drug-likeness (QED) is 0.871. The first-order chi connectivity index (χ1) is 8.58. The van der Waals surface area contributed by atoms with Crippen LogP contribution in [-0.4, -0.2) is 16.3 Å². The van der Waals surface area contributed by atoms with Gasteiger partial charge in [0.25, 0.3) is 0 Å². The average Bonchev–Trinajstić information content (AvgIpc) is 2.75. The molecule has 102 valence electrons. The molecule has 1 aromatic heterocycles. The Kier molecular flexibility index (Phi) is 3.65. The molecule has 3 nitrogen and oxygen atoms in total. The lowest BCUT2D eigenvalue weighted by molar-refractivity contribution is 0.414. The number of hydrogen-bond acceptors (Lipinski definition) is 2. The molecule has 0 spiro atoms. The van der Waals surface area contributed by atoms with Crippen LogP contribution in [-0.2, 0) is 12.0 Å². The molecule has 0 fully saturated rings. The van der Waals surface area contributed by atoms with Gasteiger partial charge in [-0.05, 0) is 24.3 Å². The standard InChI is InChI=1S/C14H16FN3.ClH/c1-14(2)9-16-7-10-8-17-18(13(10)14)12-5-3-11(15)4-6-12;/h3-6,8,16H,7,9H2,1-2H3;1H. The van der Waals surface area contributed by atoms with Gasteiger partial charge < -0.3 is 5.32 Å². The molecule has 1 N–H and O–H groups in total. The van der Waals surface area contributed by atoms with Crippen LogP contribution in [0.5, 0.6) is 0 Å². The third kappa shape index (κ3) is 2.38. The highest BCUT2D eigenvalue weighted by atomic mass is 35.5. The maximum absolute atomic E-state index is 13.0. The molecule has 1 aromatic carbocycles. The summed E-state index contributed by atoms with van der Waals surface area (Å²) in [5.41, 5.74) is 3.37. The summed E-state index contributed by atoms with van der Waals surface area (Å²) < 4.78 is 14.9. The Morgan fingerprint density at radius 2 is 1.95 bits per heavy atom. The lowest BCUT2D eigenvalue weighted by atomic mass is 9.84. The Balaban J connectivity index is 0.00000133. The normalized spacial score (nSPS) is 16.6. The minimum Gasteiger partial charge on any atom is -0.312 e. The van der Waals surface area contributed by atoms with E-state index in [4.69, 9.17) is 0 Å². The molecule has 0 saturated carbocycles. The van der Waals surface area contributed by atoms with Gasteiger partial charge in [0, 0.05) is 24.1 Å². The van der Waals surface area contributed by atoms with Crippen LogP contribution in [0, 0.1) is 5.82 Å². The van der Waals surface area contributed by atoms with E-state index in [2.05, 4.69) is 24.3 Å². The zero-order valence-electron chi connectivity index (χ0n) is 11.0. The molecular weight excluding hydrogens is 265 g/mol. The fourth-order valence-corrected chi connectivity index (χ4v) is 2.60. The minimum atomic E-state index is -0.222. The monoisotopic (exact) mass is 281 g/mol. The van der Waals surface area contributed by atoms with E-state index in [1.807, 2.05) is 10.9 Å². The highest BCUT2D eigenvalue weighted by Gasteiger charge is 2.31. The Morgan fingerprint density at radius 3 is 2.63 bits per heavy atom. The van der Waals surface area contributed by atoms with Gasteiger partial charge in [0.1, 0.15) is 5.82 Å². The SMILES string of the molecule is CC1(C)CNCc2cnn(-c3ccc(F)cc3)c21.Cl. The number of fused-ring (bicyclic) bond motifs is 1. The van der Waals surface area contributed by atoms with Gasteiger partial charge in [-0.25, -0.2) is 9.07 Å². The highest BCUT2D eigenvalue weighted by molar-refractivity contribution is 5.85. The van der Waals surface area contributed by atoms with Crippen molar-refractivity contribution in [2.24, 2.45) is 0 Å².